The van der Waals surface area contributed by atoms with Gasteiger partial charge in [-0.15, -0.1) is 0 Å². The normalized spacial score (nSPS) is 15.0. The number of rotatable bonds is 4. The highest BCUT2D eigenvalue weighted by Crippen LogP contribution is 2.42. The second kappa shape index (κ2) is 8.29. The molecule has 3 rings (SSSR count). The van der Waals surface area contributed by atoms with Gasteiger partial charge in [0.1, 0.15) is 0 Å². The lowest BCUT2D eigenvalue weighted by Crippen LogP contribution is -2.31. The van der Waals surface area contributed by atoms with Crippen molar-refractivity contribution in [1.29, 1.82) is 0 Å². The molecule has 1 N–H and O–H groups in total. The molecule has 0 unspecified atom stereocenters. The number of carbonyl (C=O) groups excluding carboxylic acids is 1. The van der Waals surface area contributed by atoms with Gasteiger partial charge in [0.15, 0.2) is 6.10 Å². The van der Waals surface area contributed by atoms with Gasteiger partial charge < -0.3 is 14.8 Å². The first-order valence-corrected chi connectivity index (χ1v) is 10.3. The molecule has 0 aromatic heterocycles. The van der Waals surface area contributed by atoms with Gasteiger partial charge in [-0.25, -0.2) is 4.79 Å². The van der Waals surface area contributed by atoms with Gasteiger partial charge in [0.05, 0.1) is 12.7 Å². The standard InChI is InChI=1S/C25H33NO3/c1-15-8-10-18(11-9-15)21-16(2)19-12-13-26-14-20(19)17(3)22(21)23(24(27)28-7)29-25(4,5)6/h8-11,23,26H,12-14H2,1-7H3/t23-/m0/s1. The first-order chi connectivity index (χ1) is 13.6. The highest BCUT2D eigenvalue weighted by Gasteiger charge is 2.34. The summed E-state index contributed by atoms with van der Waals surface area (Å²) in [5.41, 5.74) is 8.88. The van der Waals surface area contributed by atoms with Crippen LogP contribution in [-0.4, -0.2) is 25.2 Å². The fraction of sp³-hybridized carbons (Fsp3) is 0.480. The molecule has 0 spiro atoms. The van der Waals surface area contributed by atoms with Crippen LogP contribution in [0.2, 0.25) is 0 Å². The lowest BCUT2D eigenvalue weighted by Gasteiger charge is -2.33. The Hall–Kier alpha value is -2.17. The maximum Gasteiger partial charge on any atom is 0.339 e. The Bertz CT molecular complexity index is 907. The molecule has 0 aliphatic carbocycles. The summed E-state index contributed by atoms with van der Waals surface area (Å²) in [5, 5.41) is 3.48. The lowest BCUT2D eigenvalue weighted by atomic mass is 9.80. The van der Waals surface area contributed by atoms with Crippen molar-refractivity contribution in [2.75, 3.05) is 13.7 Å². The van der Waals surface area contributed by atoms with E-state index in [9.17, 15) is 4.79 Å². The maximum atomic E-state index is 12.9. The van der Waals surface area contributed by atoms with Crippen LogP contribution in [0.25, 0.3) is 11.1 Å². The minimum atomic E-state index is -0.776. The van der Waals surface area contributed by atoms with Crippen molar-refractivity contribution < 1.29 is 14.3 Å². The van der Waals surface area contributed by atoms with Crippen LogP contribution < -0.4 is 5.32 Å². The van der Waals surface area contributed by atoms with E-state index < -0.39 is 11.7 Å². The summed E-state index contributed by atoms with van der Waals surface area (Å²) in [6, 6.07) is 8.51. The number of esters is 1. The summed E-state index contributed by atoms with van der Waals surface area (Å²) in [7, 11) is 1.43. The van der Waals surface area contributed by atoms with E-state index in [2.05, 4.69) is 50.4 Å². The summed E-state index contributed by atoms with van der Waals surface area (Å²) in [4.78, 5) is 12.9. The van der Waals surface area contributed by atoms with Gasteiger partial charge in [-0.3, -0.25) is 0 Å². The molecule has 0 fully saturated rings. The number of ether oxygens (including phenoxy) is 2. The summed E-state index contributed by atoms with van der Waals surface area (Å²) in [6.07, 6.45) is 0.215. The summed E-state index contributed by atoms with van der Waals surface area (Å²) in [6.45, 7) is 14.1. The van der Waals surface area contributed by atoms with Gasteiger partial charge in [-0.2, -0.15) is 0 Å². The van der Waals surface area contributed by atoms with Gasteiger partial charge in [-0.1, -0.05) is 29.8 Å². The topological polar surface area (TPSA) is 47.6 Å². The van der Waals surface area contributed by atoms with Crippen LogP contribution in [0.5, 0.6) is 0 Å². The molecule has 1 aliphatic rings. The van der Waals surface area contributed by atoms with Crippen molar-refractivity contribution in [3.05, 3.63) is 57.6 Å². The van der Waals surface area contributed by atoms with E-state index >= 15 is 0 Å². The maximum absolute atomic E-state index is 12.9. The Kier molecular flexibility index (Phi) is 6.16. The largest absolute Gasteiger partial charge is 0.467 e. The zero-order chi connectivity index (χ0) is 21.3. The molecule has 4 heteroatoms. The average Bonchev–Trinajstić information content (AvgIpc) is 2.68. The minimum Gasteiger partial charge on any atom is -0.467 e. The molecule has 156 valence electrons. The summed E-state index contributed by atoms with van der Waals surface area (Å²) < 4.78 is 11.5. The van der Waals surface area contributed by atoms with E-state index in [4.69, 9.17) is 9.47 Å². The summed E-state index contributed by atoms with van der Waals surface area (Å²) >= 11 is 0. The monoisotopic (exact) mass is 395 g/mol. The molecular formula is C25H33NO3. The Balaban J connectivity index is 2.34. The molecule has 1 aliphatic heterocycles. The molecule has 29 heavy (non-hydrogen) atoms. The molecule has 0 radical (unpaired) electrons. The van der Waals surface area contributed by atoms with Gasteiger partial charge in [0.25, 0.3) is 0 Å². The van der Waals surface area contributed by atoms with Gasteiger partial charge in [0.2, 0.25) is 0 Å². The average molecular weight is 396 g/mol. The second-order valence-corrected chi connectivity index (χ2v) is 8.92. The molecule has 2 aromatic carbocycles. The predicted octanol–water partition coefficient (Wildman–Crippen LogP) is 4.95. The third kappa shape index (κ3) is 4.39. The first-order valence-electron chi connectivity index (χ1n) is 10.3. The van der Waals surface area contributed by atoms with Gasteiger partial charge in [-0.05, 0) is 87.9 Å². The zero-order valence-corrected chi connectivity index (χ0v) is 18.7. The van der Waals surface area contributed by atoms with E-state index in [1.54, 1.807) is 0 Å². The third-order valence-electron chi connectivity index (χ3n) is 5.66. The molecule has 0 saturated heterocycles. The van der Waals surface area contributed by atoms with Crippen LogP contribution in [0.1, 0.15) is 60.3 Å². The van der Waals surface area contributed by atoms with E-state index in [0.717, 1.165) is 41.8 Å². The number of benzene rings is 2. The predicted molar refractivity (Wildman–Crippen MR) is 117 cm³/mol. The van der Waals surface area contributed by atoms with Crippen LogP contribution >= 0.6 is 0 Å². The summed E-state index contributed by atoms with van der Waals surface area (Å²) in [5.74, 6) is -0.362. The van der Waals surface area contributed by atoms with E-state index in [-0.39, 0.29) is 5.97 Å². The molecule has 0 bridgehead atoms. The van der Waals surface area contributed by atoms with Gasteiger partial charge in [0, 0.05) is 12.1 Å². The van der Waals surface area contributed by atoms with E-state index in [1.165, 1.54) is 29.4 Å². The molecule has 4 nitrogen and oxygen atoms in total. The van der Waals surface area contributed by atoms with Gasteiger partial charge >= 0.3 is 5.97 Å². The zero-order valence-electron chi connectivity index (χ0n) is 18.7. The van der Waals surface area contributed by atoms with Crippen LogP contribution in [0.3, 0.4) is 0 Å². The van der Waals surface area contributed by atoms with Crippen LogP contribution in [0.4, 0.5) is 0 Å². The number of hydrogen-bond acceptors (Lipinski definition) is 4. The molecule has 0 saturated carbocycles. The van der Waals surface area contributed by atoms with Crippen molar-refractivity contribution in [1.82, 2.24) is 5.32 Å². The van der Waals surface area contributed by atoms with Crippen molar-refractivity contribution in [3.8, 4) is 11.1 Å². The first kappa shape index (κ1) is 21.5. The SMILES string of the molecule is COC(=O)[C@@H](OC(C)(C)C)c1c(C)c2c(c(C)c1-c1ccc(C)cc1)CCNC2. The number of nitrogens with one attached hydrogen (secondary N) is 1. The van der Waals surface area contributed by atoms with Crippen molar-refractivity contribution >= 4 is 5.97 Å². The molecule has 1 heterocycles. The quantitative estimate of drug-likeness (QED) is 0.744. The van der Waals surface area contributed by atoms with E-state index in [0.29, 0.717) is 0 Å². The fourth-order valence-electron chi connectivity index (χ4n) is 4.27. The number of fused-ring (bicyclic) bond motifs is 1. The lowest BCUT2D eigenvalue weighted by molar-refractivity contribution is -0.164. The molecule has 1 atom stereocenters. The number of aryl methyl sites for hydroxylation is 1. The number of carbonyl (C=O) groups is 1. The Morgan fingerprint density at radius 2 is 1.69 bits per heavy atom. The number of hydrogen-bond donors (Lipinski definition) is 1. The molecular weight excluding hydrogens is 362 g/mol. The minimum absolute atomic E-state index is 0.362. The highest BCUT2D eigenvalue weighted by molar-refractivity contribution is 5.85. The Morgan fingerprint density at radius 3 is 2.28 bits per heavy atom. The molecule has 2 aromatic rings. The Labute approximate surface area is 174 Å². The van der Waals surface area contributed by atoms with Crippen molar-refractivity contribution in [2.45, 2.75) is 66.2 Å². The van der Waals surface area contributed by atoms with Crippen LogP contribution in [0, 0.1) is 20.8 Å². The third-order valence-corrected chi connectivity index (χ3v) is 5.66. The second-order valence-electron chi connectivity index (χ2n) is 8.92. The fourth-order valence-corrected chi connectivity index (χ4v) is 4.27. The van der Waals surface area contributed by atoms with Crippen LogP contribution in [-0.2, 0) is 27.2 Å². The Morgan fingerprint density at radius 1 is 1.03 bits per heavy atom. The van der Waals surface area contributed by atoms with E-state index in [1.807, 2.05) is 20.8 Å². The highest BCUT2D eigenvalue weighted by atomic mass is 16.6. The van der Waals surface area contributed by atoms with Crippen LogP contribution in [0.15, 0.2) is 24.3 Å². The van der Waals surface area contributed by atoms with Crippen molar-refractivity contribution in [3.63, 3.8) is 0 Å². The van der Waals surface area contributed by atoms with Crippen molar-refractivity contribution in [2.24, 2.45) is 0 Å². The molecule has 0 amide bonds. The number of methoxy groups -OCH3 is 1. The smallest absolute Gasteiger partial charge is 0.339 e.